The lowest BCUT2D eigenvalue weighted by Crippen LogP contribution is -2.54. The standard InChI is InChI=1S/C29H43N7O6/c1-19(2)26(35-23(37)9-5-4-6-17-36-24(38)14-15-25(36)39)28(41)34-22(8-7-16-32-29(30)42)27(40)33-21-12-10-20(11-13-21)18-31-3/h10-15,19,22,26,31H,4-9,16-18H2,1-3H3,(H,33,40)(H,34,41)(H,35,37)(H3,30,32,42). The van der Waals surface area contributed by atoms with Gasteiger partial charge >= 0.3 is 6.03 Å². The molecule has 2 rings (SSSR count). The number of nitrogens with zero attached hydrogens (tertiary/aromatic N) is 1. The lowest BCUT2D eigenvalue weighted by molar-refractivity contribution is -0.137. The van der Waals surface area contributed by atoms with Gasteiger partial charge in [-0.3, -0.25) is 28.9 Å². The second kappa shape index (κ2) is 17.5. The largest absolute Gasteiger partial charge is 0.352 e. The number of benzene rings is 1. The predicted molar refractivity (Wildman–Crippen MR) is 158 cm³/mol. The Morgan fingerprint density at radius 1 is 0.881 bits per heavy atom. The van der Waals surface area contributed by atoms with Crippen LogP contribution in [0, 0.1) is 5.92 Å². The first-order chi connectivity index (χ1) is 20.0. The fourth-order valence-corrected chi connectivity index (χ4v) is 4.35. The van der Waals surface area contributed by atoms with E-state index >= 15 is 0 Å². The third-order valence-electron chi connectivity index (χ3n) is 6.66. The van der Waals surface area contributed by atoms with E-state index < -0.39 is 29.9 Å². The Morgan fingerprint density at radius 2 is 1.55 bits per heavy atom. The van der Waals surface area contributed by atoms with E-state index in [1.54, 1.807) is 26.0 Å². The number of rotatable bonds is 18. The second-order valence-corrected chi connectivity index (χ2v) is 10.5. The third kappa shape index (κ3) is 11.7. The Bertz CT molecular complexity index is 1120. The molecule has 1 aliphatic heterocycles. The molecule has 0 fully saturated rings. The van der Waals surface area contributed by atoms with E-state index in [1.165, 1.54) is 12.2 Å². The summed E-state index contributed by atoms with van der Waals surface area (Å²) in [6.45, 7) is 4.79. The van der Waals surface area contributed by atoms with Crippen molar-refractivity contribution in [3.63, 3.8) is 0 Å². The number of anilines is 1. The van der Waals surface area contributed by atoms with Crippen molar-refractivity contribution in [2.24, 2.45) is 11.7 Å². The highest BCUT2D eigenvalue weighted by Crippen LogP contribution is 2.13. The maximum atomic E-state index is 13.3. The van der Waals surface area contributed by atoms with Crippen LogP contribution < -0.4 is 32.3 Å². The summed E-state index contributed by atoms with van der Waals surface area (Å²) in [6.07, 6.45) is 4.97. The Morgan fingerprint density at radius 3 is 2.14 bits per heavy atom. The maximum Gasteiger partial charge on any atom is 0.312 e. The summed E-state index contributed by atoms with van der Waals surface area (Å²) >= 11 is 0. The van der Waals surface area contributed by atoms with Crippen molar-refractivity contribution in [3.8, 4) is 0 Å². The molecule has 2 atom stereocenters. The average molecular weight is 586 g/mol. The van der Waals surface area contributed by atoms with Gasteiger partial charge in [-0.25, -0.2) is 4.79 Å². The van der Waals surface area contributed by atoms with Crippen molar-refractivity contribution in [3.05, 3.63) is 42.0 Å². The smallest absolute Gasteiger partial charge is 0.312 e. The Balaban J connectivity index is 1.92. The summed E-state index contributed by atoms with van der Waals surface area (Å²) in [4.78, 5) is 74.5. The average Bonchev–Trinajstić information content (AvgIpc) is 3.26. The van der Waals surface area contributed by atoms with Crippen molar-refractivity contribution < 1.29 is 28.8 Å². The number of carbonyl (C=O) groups is 6. The molecule has 1 aromatic carbocycles. The molecule has 0 radical (unpaired) electrons. The molecule has 0 aliphatic carbocycles. The molecule has 42 heavy (non-hydrogen) atoms. The zero-order valence-corrected chi connectivity index (χ0v) is 24.5. The van der Waals surface area contributed by atoms with Crippen LogP contribution >= 0.6 is 0 Å². The van der Waals surface area contributed by atoms with Gasteiger partial charge < -0.3 is 32.3 Å². The number of amides is 7. The predicted octanol–water partition coefficient (Wildman–Crippen LogP) is 0.904. The van der Waals surface area contributed by atoms with Crippen molar-refractivity contribution in [1.82, 2.24) is 26.2 Å². The fraction of sp³-hybridized carbons (Fsp3) is 0.517. The van der Waals surface area contributed by atoms with Crippen LogP contribution in [-0.2, 0) is 30.5 Å². The number of imide groups is 1. The van der Waals surface area contributed by atoms with E-state index in [-0.39, 0.29) is 43.0 Å². The lowest BCUT2D eigenvalue weighted by Gasteiger charge is -2.25. The summed E-state index contributed by atoms with van der Waals surface area (Å²) in [5.74, 6) is -2.16. The van der Waals surface area contributed by atoms with Crippen molar-refractivity contribution >= 4 is 41.3 Å². The van der Waals surface area contributed by atoms with Gasteiger partial charge in [-0.2, -0.15) is 0 Å². The zero-order valence-electron chi connectivity index (χ0n) is 24.5. The third-order valence-corrected chi connectivity index (χ3v) is 6.66. The Hall–Kier alpha value is -4.26. The van der Waals surface area contributed by atoms with Gasteiger partial charge in [0.25, 0.3) is 11.8 Å². The van der Waals surface area contributed by atoms with Crippen LogP contribution in [0.15, 0.2) is 36.4 Å². The van der Waals surface area contributed by atoms with Gasteiger partial charge in [-0.1, -0.05) is 32.4 Å². The summed E-state index contributed by atoms with van der Waals surface area (Å²) in [5, 5.41) is 13.9. The Labute approximate surface area is 246 Å². The van der Waals surface area contributed by atoms with Crippen LogP contribution in [0.25, 0.3) is 0 Å². The first-order valence-electron chi connectivity index (χ1n) is 14.2. The second-order valence-electron chi connectivity index (χ2n) is 10.5. The molecule has 0 saturated carbocycles. The number of nitrogens with two attached hydrogens (primary N) is 1. The van der Waals surface area contributed by atoms with Gasteiger partial charge in [-0.15, -0.1) is 0 Å². The summed E-state index contributed by atoms with van der Waals surface area (Å²) < 4.78 is 0. The lowest BCUT2D eigenvalue weighted by atomic mass is 10.0. The van der Waals surface area contributed by atoms with Gasteiger partial charge in [0.1, 0.15) is 12.1 Å². The minimum atomic E-state index is -0.923. The van der Waals surface area contributed by atoms with Gasteiger partial charge in [0.05, 0.1) is 0 Å². The van der Waals surface area contributed by atoms with Crippen molar-refractivity contribution in [1.29, 1.82) is 0 Å². The molecule has 7 N–H and O–H groups in total. The number of unbranched alkanes of at least 4 members (excludes halogenated alkanes) is 2. The van der Waals surface area contributed by atoms with Crippen LogP contribution in [0.5, 0.6) is 0 Å². The number of nitrogens with one attached hydrogen (secondary N) is 5. The first-order valence-corrected chi connectivity index (χ1v) is 14.2. The highest BCUT2D eigenvalue weighted by Gasteiger charge is 2.29. The Kier molecular flexibility index (Phi) is 14.2. The van der Waals surface area contributed by atoms with Crippen LogP contribution in [-0.4, -0.2) is 72.7 Å². The minimum Gasteiger partial charge on any atom is -0.352 e. The van der Waals surface area contributed by atoms with E-state index in [9.17, 15) is 28.8 Å². The highest BCUT2D eigenvalue weighted by atomic mass is 16.2. The molecule has 1 heterocycles. The molecule has 0 aromatic heterocycles. The van der Waals surface area contributed by atoms with Gasteiger partial charge in [0.15, 0.2) is 0 Å². The highest BCUT2D eigenvalue weighted by molar-refractivity contribution is 6.12. The molecule has 13 heteroatoms. The quantitative estimate of drug-likeness (QED) is 0.109. The molecule has 0 spiro atoms. The molecular weight excluding hydrogens is 542 g/mol. The van der Waals surface area contributed by atoms with Crippen LogP contribution in [0.2, 0.25) is 0 Å². The minimum absolute atomic E-state index is 0.170. The maximum absolute atomic E-state index is 13.3. The van der Waals surface area contributed by atoms with Gasteiger partial charge in [0.2, 0.25) is 17.7 Å². The number of hydrogen-bond donors (Lipinski definition) is 6. The van der Waals surface area contributed by atoms with E-state index in [0.29, 0.717) is 44.5 Å². The molecule has 1 aromatic rings. The van der Waals surface area contributed by atoms with Gasteiger partial charge in [-0.05, 0) is 56.3 Å². The number of hydrogen-bond acceptors (Lipinski definition) is 7. The number of primary amides is 1. The van der Waals surface area contributed by atoms with Crippen LogP contribution in [0.3, 0.4) is 0 Å². The van der Waals surface area contributed by atoms with Crippen LogP contribution in [0.4, 0.5) is 10.5 Å². The topological polar surface area (TPSA) is 192 Å². The first kappa shape index (κ1) is 33.9. The SMILES string of the molecule is CNCc1ccc(NC(=O)C(CCCNC(N)=O)NC(=O)C(NC(=O)CCCCCN2C(=O)C=CC2=O)C(C)C)cc1. The van der Waals surface area contributed by atoms with E-state index in [4.69, 9.17) is 5.73 Å². The molecule has 0 saturated heterocycles. The fourth-order valence-electron chi connectivity index (χ4n) is 4.35. The molecule has 230 valence electrons. The molecule has 7 amide bonds. The zero-order chi connectivity index (χ0) is 31.1. The summed E-state index contributed by atoms with van der Waals surface area (Å²) in [6, 6.07) is 4.82. The number of carbonyl (C=O) groups excluding carboxylic acids is 6. The monoisotopic (exact) mass is 585 g/mol. The van der Waals surface area contributed by atoms with E-state index in [0.717, 1.165) is 10.5 Å². The molecule has 1 aliphatic rings. The van der Waals surface area contributed by atoms with E-state index in [2.05, 4.69) is 26.6 Å². The van der Waals surface area contributed by atoms with Crippen molar-refractivity contribution in [2.45, 2.75) is 71.0 Å². The summed E-state index contributed by atoms with van der Waals surface area (Å²) in [7, 11) is 1.84. The molecule has 2 unspecified atom stereocenters. The number of urea groups is 1. The summed E-state index contributed by atoms with van der Waals surface area (Å²) in [5.41, 5.74) is 6.73. The van der Waals surface area contributed by atoms with Crippen LogP contribution in [0.1, 0.15) is 57.9 Å². The molecule has 13 nitrogen and oxygen atoms in total. The van der Waals surface area contributed by atoms with Gasteiger partial charge in [0, 0.05) is 43.9 Å². The molecular formula is C29H43N7O6. The van der Waals surface area contributed by atoms with Crippen molar-refractivity contribution in [2.75, 3.05) is 25.5 Å². The molecule has 0 bridgehead atoms. The normalized spacial score (nSPS) is 14.0. The van der Waals surface area contributed by atoms with E-state index in [1.807, 2.05) is 19.2 Å².